The van der Waals surface area contributed by atoms with E-state index in [2.05, 4.69) is 22.4 Å². The lowest BCUT2D eigenvalue weighted by molar-refractivity contribution is 0.0696. The van der Waals surface area contributed by atoms with Crippen molar-refractivity contribution in [3.63, 3.8) is 0 Å². The molecule has 0 atom stereocenters. The molecule has 7 heteroatoms. The summed E-state index contributed by atoms with van der Waals surface area (Å²) < 4.78 is 5.38. The van der Waals surface area contributed by atoms with E-state index >= 15 is 0 Å². The second-order valence-corrected chi connectivity index (χ2v) is 6.65. The first kappa shape index (κ1) is 16.3. The number of hydrogen-bond acceptors (Lipinski definition) is 5. The second-order valence-electron chi connectivity index (χ2n) is 5.79. The third-order valence-electron chi connectivity index (χ3n) is 4.26. The molecule has 1 heterocycles. The summed E-state index contributed by atoms with van der Waals surface area (Å²) >= 11 is 0.943. The Morgan fingerprint density at radius 2 is 1.69 bits per heavy atom. The number of amides is 1. The van der Waals surface area contributed by atoms with Gasteiger partial charge in [-0.3, -0.25) is 5.32 Å². The predicted molar refractivity (Wildman–Crippen MR) is 97.8 cm³/mol. The van der Waals surface area contributed by atoms with Crippen LogP contribution in [-0.2, 0) is 4.74 Å². The minimum absolute atomic E-state index is 0.0295. The van der Waals surface area contributed by atoms with E-state index < -0.39 is 12.1 Å². The lowest BCUT2D eigenvalue weighted by Gasteiger charge is -2.14. The molecule has 0 saturated heterocycles. The molecule has 4 rings (SSSR count). The van der Waals surface area contributed by atoms with E-state index in [9.17, 15) is 9.59 Å². The smallest absolute Gasteiger partial charge is 0.412 e. The topological polar surface area (TPSA) is 88.5 Å². The first-order chi connectivity index (χ1) is 12.6. The van der Waals surface area contributed by atoms with Crippen molar-refractivity contribution in [2.75, 3.05) is 11.9 Å². The zero-order valence-electron chi connectivity index (χ0n) is 13.5. The van der Waals surface area contributed by atoms with Gasteiger partial charge in [-0.1, -0.05) is 48.5 Å². The number of aromatic nitrogens is 1. The molecular weight excluding hydrogens is 352 g/mol. The van der Waals surface area contributed by atoms with Gasteiger partial charge in [-0.15, -0.1) is 11.3 Å². The number of nitrogens with zero attached hydrogens (tertiary/aromatic N) is 1. The maximum absolute atomic E-state index is 12.1. The number of aromatic carboxylic acids is 1. The van der Waals surface area contributed by atoms with Crippen LogP contribution in [-0.4, -0.2) is 28.8 Å². The van der Waals surface area contributed by atoms with Gasteiger partial charge in [0, 0.05) is 11.3 Å². The number of anilines is 1. The largest absolute Gasteiger partial charge is 0.476 e. The lowest BCUT2D eigenvalue weighted by Crippen LogP contribution is -2.18. The zero-order valence-corrected chi connectivity index (χ0v) is 14.3. The van der Waals surface area contributed by atoms with Crippen LogP contribution in [0.4, 0.5) is 10.6 Å². The van der Waals surface area contributed by atoms with Gasteiger partial charge in [0.2, 0.25) is 5.01 Å². The first-order valence-corrected chi connectivity index (χ1v) is 8.82. The Morgan fingerprint density at radius 3 is 2.27 bits per heavy atom. The van der Waals surface area contributed by atoms with Crippen molar-refractivity contribution >= 4 is 29.2 Å². The van der Waals surface area contributed by atoms with Crippen LogP contribution in [0.1, 0.15) is 26.8 Å². The molecule has 1 aliphatic rings. The number of carboxylic acids is 1. The Balaban J connectivity index is 1.47. The highest BCUT2D eigenvalue weighted by molar-refractivity contribution is 7.12. The first-order valence-electron chi connectivity index (χ1n) is 7.94. The fraction of sp³-hybridized carbons (Fsp3) is 0.105. The molecule has 0 spiro atoms. The van der Waals surface area contributed by atoms with E-state index in [0.29, 0.717) is 0 Å². The van der Waals surface area contributed by atoms with E-state index in [1.54, 1.807) is 0 Å². The summed E-state index contributed by atoms with van der Waals surface area (Å²) in [6.07, 6.45) is -0.658. The number of carboxylic acid groups (broad SMARTS) is 1. The fourth-order valence-electron chi connectivity index (χ4n) is 3.17. The van der Waals surface area contributed by atoms with E-state index in [4.69, 9.17) is 9.84 Å². The predicted octanol–water partition coefficient (Wildman–Crippen LogP) is 4.20. The number of fused-ring (bicyclic) bond motifs is 3. The third kappa shape index (κ3) is 2.93. The highest BCUT2D eigenvalue weighted by Gasteiger charge is 2.29. The van der Waals surface area contributed by atoms with Crippen LogP contribution >= 0.6 is 11.3 Å². The van der Waals surface area contributed by atoms with Crippen LogP contribution in [0.15, 0.2) is 53.9 Å². The van der Waals surface area contributed by atoms with Crippen molar-refractivity contribution in [1.82, 2.24) is 4.98 Å². The normalized spacial score (nSPS) is 12.3. The van der Waals surface area contributed by atoms with Crippen molar-refractivity contribution in [2.45, 2.75) is 5.92 Å². The number of benzene rings is 2. The van der Waals surface area contributed by atoms with Crippen LogP contribution in [0.5, 0.6) is 0 Å². The molecule has 1 aliphatic carbocycles. The molecule has 1 amide bonds. The molecule has 0 radical (unpaired) electrons. The molecular formula is C19H14N2O4S. The van der Waals surface area contributed by atoms with E-state index in [1.165, 1.54) is 5.38 Å². The Kier molecular flexibility index (Phi) is 4.14. The summed E-state index contributed by atoms with van der Waals surface area (Å²) in [5, 5.41) is 12.7. The standard InChI is InChI=1S/C19H14N2O4S/c22-18(23)17-20-16(10-26-17)21-19(24)25-9-15-13-7-3-1-5-11(13)12-6-2-4-8-14(12)15/h1-8,10,15H,9H2,(H,21,24)(H,22,23). The van der Waals surface area contributed by atoms with E-state index in [1.807, 2.05) is 36.4 Å². The summed E-state index contributed by atoms with van der Waals surface area (Å²) in [5.74, 6) is -0.988. The van der Waals surface area contributed by atoms with Gasteiger partial charge in [0.15, 0.2) is 0 Å². The zero-order chi connectivity index (χ0) is 18.1. The van der Waals surface area contributed by atoms with Gasteiger partial charge in [0.25, 0.3) is 0 Å². The van der Waals surface area contributed by atoms with Gasteiger partial charge >= 0.3 is 12.1 Å². The van der Waals surface area contributed by atoms with Gasteiger partial charge in [-0.25, -0.2) is 14.6 Å². The molecule has 26 heavy (non-hydrogen) atoms. The molecule has 1 aromatic heterocycles. The minimum Gasteiger partial charge on any atom is -0.476 e. The van der Waals surface area contributed by atoms with Crippen LogP contribution in [0.25, 0.3) is 11.1 Å². The Bertz CT molecular complexity index is 953. The monoisotopic (exact) mass is 366 g/mol. The van der Waals surface area contributed by atoms with Crippen LogP contribution in [0, 0.1) is 0 Å². The van der Waals surface area contributed by atoms with E-state index in [-0.39, 0.29) is 23.4 Å². The van der Waals surface area contributed by atoms with Crippen molar-refractivity contribution in [3.05, 3.63) is 70.0 Å². The maximum Gasteiger partial charge on any atom is 0.412 e. The molecule has 2 N–H and O–H groups in total. The van der Waals surface area contributed by atoms with Crippen molar-refractivity contribution in [2.24, 2.45) is 0 Å². The van der Waals surface area contributed by atoms with Gasteiger partial charge in [-0.2, -0.15) is 0 Å². The van der Waals surface area contributed by atoms with Gasteiger partial charge < -0.3 is 9.84 Å². The quantitative estimate of drug-likeness (QED) is 0.722. The van der Waals surface area contributed by atoms with Crippen LogP contribution in [0.3, 0.4) is 0 Å². The molecule has 0 aliphatic heterocycles. The second kappa shape index (κ2) is 6.61. The summed E-state index contributed by atoms with van der Waals surface area (Å²) in [6, 6.07) is 16.2. The van der Waals surface area contributed by atoms with Crippen LogP contribution in [0.2, 0.25) is 0 Å². The number of hydrogen-bond donors (Lipinski definition) is 2. The number of carbonyl (C=O) groups excluding carboxylic acids is 1. The van der Waals surface area contributed by atoms with Gasteiger partial charge in [-0.05, 0) is 22.3 Å². The molecule has 130 valence electrons. The number of rotatable bonds is 4. The summed E-state index contributed by atoms with van der Waals surface area (Å²) in [7, 11) is 0. The molecule has 0 fully saturated rings. The Morgan fingerprint density at radius 1 is 1.08 bits per heavy atom. The number of ether oxygens (including phenoxy) is 1. The summed E-state index contributed by atoms with van der Waals surface area (Å²) in [4.78, 5) is 26.7. The Labute approximate surface area is 153 Å². The van der Waals surface area contributed by atoms with Crippen molar-refractivity contribution in [3.8, 4) is 11.1 Å². The Hall–Kier alpha value is -3.19. The average molecular weight is 366 g/mol. The fourth-order valence-corrected chi connectivity index (χ4v) is 3.76. The molecule has 0 bridgehead atoms. The highest BCUT2D eigenvalue weighted by Crippen LogP contribution is 2.44. The SMILES string of the molecule is O=C(Nc1csc(C(=O)O)n1)OCC1c2ccccc2-c2ccccc21. The third-order valence-corrected chi connectivity index (χ3v) is 5.09. The van der Waals surface area contributed by atoms with Crippen molar-refractivity contribution in [1.29, 1.82) is 0 Å². The molecule has 2 aromatic carbocycles. The lowest BCUT2D eigenvalue weighted by atomic mass is 9.98. The van der Waals surface area contributed by atoms with E-state index in [0.717, 1.165) is 33.6 Å². The summed E-state index contributed by atoms with van der Waals surface area (Å²) in [6.45, 7) is 0.190. The highest BCUT2D eigenvalue weighted by atomic mass is 32.1. The van der Waals surface area contributed by atoms with Gasteiger partial charge in [0.05, 0.1) is 0 Å². The number of thiazole rings is 1. The molecule has 0 saturated carbocycles. The average Bonchev–Trinajstić information content (AvgIpc) is 3.23. The minimum atomic E-state index is -1.13. The molecule has 6 nitrogen and oxygen atoms in total. The number of carbonyl (C=O) groups is 2. The molecule has 3 aromatic rings. The number of nitrogens with one attached hydrogen (secondary N) is 1. The van der Waals surface area contributed by atoms with Gasteiger partial charge in [0.1, 0.15) is 12.4 Å². The van der Waals surface area contributed by atoms with Crippen LogP contribution < -0.4 is 5.32 Å². The maximum atomic E-state index is 12.1. The van der Waals surface area contributed by atoms with Crippen molar-refractivity contribution < 1.29 is 19.4 Å². The summed E-state index contributed by atoms with van der Waals surface area (Å²) in [5.41, 5.74) is 4.57. The molecule has 0 unspecified atom stereocenters.